The van der Waals surface area contributed by atoms with Gasteiger partial charge >= 0.3 is 0 Å². The summed E-state index contributed by atoms with van der Waals surface area (Å²) in [5.41, 5.74) is 2.84. The van der Waals surface area contributed by atoms with E-state index in [4.69, 9.17) is 0 Å². The van der Waals surface area contributed by atoms with E-state index in [2.05, 4.69) is 5.10 Å². The van der Waals surface area contributed by atoms with Gasteiger partial charge in [0.1, 0.15) is 9.84 Å². The Labute approximate surface area is 115 Å². The van der Waals surface area contributed by atoms with Crippen molar-refractivity contribution in [1.29, 1.82) is 0 Å². The molecule has 0 bridgehead atoms. The normalized spacial score (nSPS) is 12.0. The Morgan fingerprint density at radius 1 is 1.21 bits per heavy atom. The summed E-state index contributed by atoms with van der Waals surface area (Å²) in [5.74, 6) is 0.386. The molecule has 0 amide bonds. The Bertz CT molecular complexity index is 506. The molecule has 0 aromatic carbocycles. The number of hydrogen-bond donors (Lipinski definition) is 1. The smallest absolute Gasteiger partial charge is 0.150 e. The van der Waals surface area contributed by atoms with E-state index in [9.17, 15) is 13.5 Å². The summed E-state index contributed by atoms with van der Waals surface area (Å²) in [5, 5.41) is 13.9. The molecular weight excluding hydrogens is 264 g/mol. The summed E-state index contributed by atoms with van der Waals surface area (Å²) in [6.45, 7) is 6.29. The molecule has 1 aromatic rings. The van der Waals surface area contributed by atoms with E-state index in [1.54, 1.807) is 6.92 Å². The monoisotopic (exact) mass is 288 g/mol. The zero-order valence-corrected chi connectivity index (χ0v) is 12.8. The summed E-state index contributed by atoms with van der Waals surface area (Å²) in [6.07, 6.45) is 2.14. The first kappa shape index (κ1) is 16.2. The standard InChI is InChI=1S/C13H24N2O3S/c1-4-12-11(10-16)13(5-2)15(14-12)8-7-9-19(17,18)6-3/h16H,4-10H2,1-3H3. The van der Waals surface area contributed by atoms with Crippen molar-refractivity contribution < 1.29 is 13.5 Å². The van der Waals surface area contributed by atoms with E-state index in [1.807, 2.05) is 18.5 Å². The van der Waals surface area contributed by atoms with Crippen molar-refractivity contribution in [1.82, 2.24) is 9.78 Å². The lowest BCUT2D eigenvalue weighted by Gasteiger charge is -2.07. The molecule has 0 aliphatic heterocycles. The summed E-state index contributed by atoms with van der Waals surface area (Å²) in [6, 6.07) is 0. The SMILES string of the molecule is CCc1nn(CCCS(=O)(=O)CC)c(CC)c1CO. The van der Waals surface area contributed by atoms with Crippen molar-refractivity contribution in [3.05, 3.63) is 17.0 Å². The van der Waals surface area contributed by atoms with Crippen LogP contribution < -0.4 is 0 Å². The van der Waals surface area contributed by atoms with Crippen LogP contribution in [0.25, 0.3) is 0 Å². The summed E-state index contributed by atoms with van der Waals surface area (Å²) in [4.78, 5) is 0. The van der Waals surface area contributed by atoms with Crippen LogP contribution in [0, 0.1) is 0 Å². The Balaban J connectivity index is 2.81. The minimum atomic E-state index is -2.91. The third kappa shape index (κ3) is 4.04. The minimum absolute atomic E-state index is 0.000392. The number of aliphatic hydroxyl groups is 1. The quantitative estimate of drug-likeness (QED) is 0.783. The molecule has 0 atom stereocenters. The number of hydrogen-bond acceptors (Lipinski definition) is 4. The lowest BCUT2D eigenvalue weighted by Crippen LogP contribution is -2.13. The maximum absolute atomic E-state index is 11.5. The molecule has 0 radical (unpaired) electrons. The number of nitrogens with zero attached hydrogens (tertiary/aromatic N) is 2. The molecule has 1 N–H and O–H groups in total. The molecule has 19 heavy (non-hydrogen) atoms. The highest BCUT2D eigenvalue weighted by Gasteiger charge is 2.15. The average molecular weight is 288 g/mol. The van der Waals surface area contributed by atoms with Crippen LogP contribution in [0.2, 0.25) is 0 Å². The highest BCUT2D eigenvalue weighted by molar-refractivity contribution is 7.91. The van der Waals surface area contributed by atoms with E-state index < -0.39 is 9.84 Å². The minimum Gasteiger partial charge on any atom is -0.392 e. The van der Waals surface area contributed by atoms with Crippen LogP contribution in [0.5, 0.6) is 0 Å². The van der Waals surface area contributed by atoms with Gasteiger partial charge in [-0.15, -0.1) is 0 Å². The van der Waals surface area contributed by atoms with Crippen molar-refractivity contribution in [2.24, 2.45) is 0 Å². The van der Waals surface area contributed by atoms with Crippen LogP contribution >= 0.6 is 0 Å². The third-order valence-corrected chi connectivity index (χ3v) is 5.13. The van der Waals surface area contributed by atoms with Crippen LogP contribution in [-0.2, 0) is 35.8 Å². The Kier molecular flexibility index (Phi) is 6.00. The Morgan fingerprint density at radius 2 is 1.89 bits per heavy atom. The molecule has 0 saturated heterocycles. The van der Waals surface area contributed by atoms with E-state index in [-0.39, 0.29) is 18.1 Å². The van der Waals surface area contributed by atoms with Crippen molar-refractivity contribution in [2.75, 3.05) is 11.5 Å². The van der Waals surface area contributed by atoms with Gasteiger partial charge in [-0.1, -0.05) is 20.8 Å². The molecule has 1 aromatic heterocycles. The molecule has 0 saturated carbocycles. The maximum atomic E-state index is 11.5. The lowest BCUT2D eigenvalue weighted by atomic mass is 10.1. The molecule has 0 fully saturated rings. The molecule has 0 unspecified atom stereocenters. The number of rotatable bonds is 8. The lowest BCUT2D eigenvalue weighted by molar-refractivity contribution is 0.279. The topological polar surface area (TPSA) is 72.2 Å². The number of aliphatic hydroxyl groups excluding tert-OH is 1. The third-order valence-electron chi connectivity index (χ3n) is 3.34. The molecular formula is C13H24N2O3S. The van der Waals surface area contributed by atoms with Crippen LogP contribution in [0.15, 0.2) is 0 Å². The molecule has 0 aliphatic carbocycles. The second-order valence-electron chi connectivity index (χ2n) is 4.55. The van der Waals surface area contributed by atoms with Crippen LogP contribution in [0.3, 0.4) is 0 Å². The molecule has 0 spiro atoms. The average Bonchev–Trinajstić information content (AvgIpc) is 2.75. The van der Waals surface area contributed by atoms with Crippen LogP contribution in [-0.4, -0.2) is 34.8 Å². The largest absolute Gasteiger partial charge is 0.392 e. The molecule has 6 heteroatoms. The van der Waals surface area contributed by atoms with Crippen molar-refractivity contribution in [3.8, 4) is 0 Å². The van der Waals surface area contributed by atoms with Gasteiger partial charge < -0.3 is 5.11 Å². The van der Waals surface area contributed by atoms with Gasteiger partial charge in [-0.3, -0.25) is 4.68 Å². The summed E-state index contributed by atoms with van der Waals surface area (Å²) in [7, 11) is -2.91. The van der Waals surface area contributed by atoms with Gasteiger partial charge in [-0.25, -0.2) is 8.42 Å². The van der Waals surface area contributed by atoms with Gasteiger partial charge in [0.2, 0.25) is 0 Å². The van der Waals surface area contributed by atoms with Crippen molar-refractivity contribution >= 4 is 9.84 Å². The predicted octanol–water partition coefficient (Wildman–Crippen LogP) is 1.32. The second kappa shape index (κ2) is 7.05. The molecule has 110 valence electrons. The zero-order valence-electron chi connectivity index (χ0n) is 12.0. The highest BCUT2D eigenvalue weighted by atomic mass is 32.2. The number of aromatic nitrogens is 2. The van der Waals surface area contributed by atoms with E-state index in [1.165, 1.54) is 0 Å². The van der Waals surface area contributed by atoms with Gasteiger partial charge in [-0.05, 0) is 19.3 Å². The van der Waals surface area contributed by atoms with E-state index in [0.29, 0.717) is 13.0 Å². The molecule has 1 heterocycles. The van der Waals surface area contributed by atoms with Crippen molar-refractivity contribution in [3.63, 3.8) is 0 Å². The molecule has 1 rings (SSSR count). The molecule has 5 nitrogen and oxygen atoms in total. The fourth-order valence-electron chi connectivity index (χ4n) is 2.21. The molecule has 0 aliphatic rings. The van der Waals surface area contributed by atoms with Gasteiger partial charge in [0.25, 0.3) is 0 Å². The number of aryl methyl sites for hydroxylation is 2. The fraction of sp³-hybridized carbons (Fsp3) is 0.769. The first-order chi connectivity index (χ1) is 8.99. The maximum Gasteiger partial charge on any atom is 0.150 e. The van der Waals surface area contributed by atoms with Crippen LogP contribution in [0.4, 0.5) is 0 Å². The Morgan fingerprint density at radius 3 is 2.37 bits per heavy atom. The van der Waals surface area contributed by atoms with Crippen LogP contribution in [0.1, 0.15) is 44.1 Å². The van der Waals surface area contributed by atoms with Gasteiger partial charge in [-0.2, -0.15) is 5.10 Å². The van der Waals surface area contributed by atoms with Gasteiger partial charge in [0, 0.05) is 23.6 Å². The first-order valence-corrected chi connectivity index (χ1v) is 8.69. The van der Waals surface area contributed by atoms with E-state index >= 15 is 0 Å². The van der Waals surface area contributed by atoms with E-state index in [0.717, 1.165) is 29.8 Å². The Hall–Kier alpha value is -0.880. The van der Waals surface area contributed by atoms with Crippen molar-refractivity contribution in [2.45, 2.75) is 53.2 Å². The fourth-order valence-corrected chi connectivity index (χ4v) is 3.07. The second-order valence-corrected chi connectivity index (χ2v) is 7.02. The summed E-state index contributed by atoms with van der Waals surface area (Å²) >= 11 is 0. The first-order valence-electron chi connectivity index (χ1n) is 6.87. The summed E-state index contributed by atoms with van der Waals surface area (Å²) < 4.78 is 24.8. The zero-order chi connectivity index (χ0) is 14.5. The highest BCUT2D eigenvalue weighted by Crippen LogP contribution is 2.16. The number of sulfone groups is 1. The van der Waals surface area contributed by atoms with Gasteiger partial charge in [0.05, 0.1) is 18.1 Å². The predicted molar refractivity (Wildman–Crippen MR) is 75.9 cm³/mol. The van der Waals surface area contributed by atoms with Gasteiger partial charge in [0.15, 0.2) is 0 Å².